The lowest BCUT2D eigenvalue weighted by molar-refractivity contribution is -0.145. The highest BCUT2D eigenvalue weighted by atomic mass is 32.1. The van der Waals surface area contributed by atoms with Gasteiger partial charge in [0.05, 0.1) is 7.11 Å². The molecule has 2 rings (SSSR count). The zero-order valence-corrected chi connectivity index (χ0v) is 14.8. The number of thiophene rings is 1. The van der Waals surface area contributed by atoms with Crippen molar-refractivity contribution in [2.75, 3.05) is 13.7 Å². The smallest absolute Gasteiger partial charge is 0.348 e. The van der Waals surface area contributed by atoms with E-state index in [9.17, 15) is 14.4 Å². The molecule has 7 heteroatoms. The predicted octanol–water partition coefficient (Wildman–Crippen LogP) is 2.11. The lowest BCUT2D eigenvalue weighted by Crippen LogP contribution is -2.44. The molecule has 1 amide bonds. The molecule has 0 fully saturated rings. The fourth-order valence-electron chi connectivity index (χ4n) is 2.17. The SMILES string of the molecule is COC(=O)[C@@H](Cc1ccccc1)NC(=O)COC(=O)c1ccc(C)s1. The number of methoxy groups -OCH3 is 1. The first-order valence-electron chi connectivity index (χ1n) is 7.64. The predicted molar refractivity (Wildman–Crippen MR) is 93.4 cm³/mol. The van der Waals surface area contributed by atoms with Crippen LogP contribution in [0.25, 0.3) is 0 Å². The molecular formula is C18H19NO5S. The van der Waals surface area contributed by atoms with Crippen LogP contribution in [0.1, 0.15) is 20.1 Å². The number of hydrogen-bond donors (Lipinski definition) is 1. The summed E-state index contributed by atoms with van der Waals surface area (Å²) in [5.41, 5.74) is 0.879. The van der Waals surface area contributed by atoms with Crippen molar-refractivity contribution in [2.45, 2.75) is 19.4 Å². The molecule has 0 radical (unpaired) electrons. The van der Waals surface area contributed by atoms with E-state index in [2.05, 4.69) is 5.32 Å². The molecule has 1 aromatic carbocycles. The Kier molecular flexibility index (Phi) is 6.71. The van der Waals surface area contributed by atoms with Crippen LogP contribution in [0.4, 0.5) is 0 Å². The highest BCUT2D eigenvalue weighted by molar-refractivity contribution is 7.13. The summed E-state index contributed by atoms with van der Waals surface area (Å²) < 4.78 is 9.70. The number of esters is 2. The van der Waals surface area contributed by atoms with Crippen molar-refractivity contribution in [1.29, 1.82) is 0 Å². The fourth-order valence-corrected chi connectivity index (χ4v) is 2.93. The maximum atomic E-state index is 12.0. The van der Waals surface area contributed by atoms with Crippen LogP contribution < -0.4 is 5.32 Å². The van der Waals surface area contributed by atoms with Crippen LogP contribution in [0.15, 0.2) is 42.5 Å². The molecule has 1 atom stereocenters. The van der Waals surface area contributed by atoms with Crippen LogP contribution in [0.3, 0.4) is 0 Å². The topological polar surface area (TPSA) is 81.7 Å². The number of carbonyl (C=O) groups excluding carboxylic acids is 3. The van der Waals surface area contributed by atoms with Gasteiger partial charge in [0, 0.05) is 11.3 Å². The minimum atomic E-state index is -0.845. The zero-order chi connectivity index (χ0) is 18.2. The molecule has 132 valence electrons. The van der Waals surface area contributed by atoms with Crippen LogP contribution in [-0.2, 0) is 25.5 Å². The number of ether oxygens (including phenoxy) is 2. The molecule has 0 saturated heterocycles. The van der Waals surface area contributed by atoms with E-state index in [0.29, 0.717) is 4.88 Å². The molecule has 1 N–H and O–H groups in total. The van der Waals surface area contributed by atoms with Gasteiger partial charge in [-0.2, -0.15) is 0 Å². The maximum Gasteiger partial charge on any atom is 0.348 e. The van der Waals surface area contributed by atoms with Gasteiger partial charge in [-0.1, -0.05) is 30.3 Å². The van der Waals surface area contributed by atoms with Gasteiger partial charge in [-0.3, -0.25) is 4.79 Å². The molecule has 0 bridgehead atoms. The number of nitrogens with one attached hydrogen (secondary N) is 1. The van der Waals surface area contributed by atoms with Crippen LogP contribution in [0.5, 0.6) is 0 Å². The molecule has 0 unspecified atom stereocenters. The molecule has 0 aliphatic carbocycles. The summed E-state index contributed by atoms with van der Waals surface area (Å²) in [7, 11) is 1.26. The Labute approximate surface area is 149 Å². The van der Waals surface area contributed by atoms with Gasteiger partial charge in [0.25, 0.3) is 5.91 Å². The van der Waals surface area contributed by atoms with Gasteiger partial charge in [-0.15, -0.1) is 11.3 Å². The van der Waals surface area contributed by atoms with E-state index in [4.69, 9.17) is 9.47 Å². The molecule has 0 aliphatic rings. The molecular weight excluding hydrogens is 342 g/mol. The van der Waals surface area contributed by atoms with E-state index in [1.165, 1.54) is 18.4 Å². The highest BCUT2D eigenvalue weighted by Gasteiger charge is 2.22. The van der Waals surface area contributed by atoms with Crippen molar-refractivity contribution in [3.05, 3.63) is 57.8 Å². The second-order valence-corrected chi connectivity index (χ2v) is 6.61. The monoisotopic (exact) mass is 361 g/mol. The van der Waals surface area contributed by atoms with Crippen LogP contribution in [-0.4, -0.2) is 37.6 Å². The van der Waals surface area contributed by atoms with Crippen LogP contribution in [0, 0.1) is 6.92 Å². The van der Waals surface area contributed by atoms with E-state index in [-0.39, 0.29) is 6.42 Å². The third-order valence-corrected chi connectivity index (χ3v) is 4.36. The Morgan fingerprint density at radius 3 is 2.44 bits per heavy atom. The molecule has 1 heterocycles. The minimum Gasteiger partial charge on any atom is -0.467 e. The molecule has 0 aliphatic heterocycles. The van der Waals surface area contributed by atoms with E-state index in [1.54, 1.807) is 12.1 Å². The lowest BCUT2D eigenvalue weighted by Gasteiger charge is -2.16. The van der Waals surface area contributed by atoms with Crippen molar-refractivity contribution in [1.82, 2.24) is 5.32 Å². The molecule has 2 aromatic rings. The number of amides is 1. The Hall–Kier alpha value is -2.67. The van der Waals surface area contributed by atoms with Crippen molar-refractivity contribution >= 4 is 29.2 Å². The van der Waals surface area contributed by atoms with Crippen molar-refractivity contribution in [3.63, 3.8) is 0 Å². The van der Waals surface area contributed by atoms with Crippen molar-refractivity contribution < 1.29 is 23.9 Å². The third-order valence-electron chi connectivity index (χ3n) is 3.38. The third kappa shape index (κ3) is 5.72. The van der Waals surface area contributed by atoms with E-state index in [0.717, 1.165) is 10.4 Å². The van der Waals surface area contributed by atoms with E-state index < -0.39 is 30.5 Å². The number of benzene rings is 1. The number of hydrogen-bond acceptors (Lipinski definition) is 6. The van der Waals surface area contributed by atoms with Crippen LogP contribution >= 0.6 is 11.3 Å². The summed E-state index contributed by atoms with van der Waals surface area (Å²) >= 11 is 1.29. The molecule has 25 heavy (non-hydrogen) atoms. The van der Waals surface area contributed by atoms with Crippen molar-refractivity contribution in [2.24, 2.45) is 0 Å². The van der Waals surface area contributed by atoms with E-state index in [1.807, 2.05) is 37.3 Å². The standard InChI is InChI=1S/C18H19NO5S/c1-12-8-9-15(25-12)18(22)24-11-16(20)19-14(17(21)23-2)10-13-6-4-3-5-7-13/h3-9,14H,10-11H2,1-2H3,(H,19,20)/t14-/m1/s1. The summed E-state index contributed by atoms with van der Waals surface area (Å²) in [6, 6.07) is 11.8. The average molecular weight is 361 g/mol. The first-order valence-corrected chi connectivity index (χ1v) is 8.46. The minimum absolute atomic E-state index is 0.289. The maximum absolute atomic E-state index is 12.0. The summed E-state index contributed by atoms with van der Waals surface area (Å²) in [6.45, 7) is 1.41. The molecule has 1 aromatic heterocycles. The van der Waals surface area contributed by atoms with Gasteiger partial charge in [0.1, 0.15) is 10.9 Å². The lowest BCUT2D eigenvalue weighted by atomic mass is 10.1. The quantitative estimate of drug-likeness (QED) is 0.764. The number of aryl methyl sites for hydroxylation is 1. The van der Waals surface area contributed by atoms with Crippen LogP contribution in [0.2, 0.25) is 0 Å². The van der Waals surface area contributed by atoms with Gasteiger partial charge >= 0.3 is 11.9 Å². The van der Waals surface area contributed by atoms with E-state index >= 15 is 0 Å². The summed E-state index contributed by atoms with van der Waals surface area (Å²) in [4.78, 5) is 37.1. The Bertz CT molecular complexity index is 741. The van der Waals surface area contributed by atoms with Crippen molar-refractivity contribution in [3.8, 4) is 0 Å². The van der Waals surface area contributed by atoms with Gasteiger partial charge < -0.3 is 14.8 Å². The first kappa shape index (κ1) is 18.7. The summed E-state index contributed by atoms with van der Waals surface area (Å²) in [5.74, 6) is -1.68. The number of carbonyl (C=O) groups is 3. The highest BCUT2D eigenvalue weighted by Crippen LogP contribution is 2.15. The first-order chi connectivity index (χ1) is 12.0. The molecule has 6 nitrogen and oxygen atoms in total. The Morgan fingerprint density at radius 2 is 1.84 bits per heavy atom. The van der Waals surface area contributed by atoms with Gasteiger partial charge in [0.15, 0.2) is 6.61 Å². The molecule has 0 saturated carbocycles. The van der Waals surface area contributed by atoms with Gasteiger partial charge in [0.2, 0.25) is 0 Å². The fraction of sp³-hybridized carbons (Fsp3) is 0.278. The second-order valence-electron chi connectivity index (χ2n) is 5.32. The summed E-state index contributed by atoms with van der Waals surface area (Å²) in [5, 5.41) is 2.54. The molecule has 0 spiro atoms. The Morgan fingerprint density at radius 1 is 1.12 bits per heavy atom. The second kappa shape index (κ2) is 8.98. The normalized spacial score (nSPS) is 11.4. The van der Waals surface area contributed by atoms with Gasteiger partial charge in [-0.25, -0.2) is 9.59 Å². The van der Waals surface area contributed by atoms with Gasteiger partial charge in [-0.05, 0) is 24.6 Å². The average Bonchev–Trinajstić information content (AvgIpc) is 3.06. The Balaban J connectivity index is 1.90. The number of rotatable bonds is 7. The summed E-state index contributed by atoms with van der Waals surface area (Å²) in [6.07, 6.45) is 0.289. The largest absolute Gasteiger partial charge is 0.467 e. The zero-order valence-electron chi connectivity index (χ0n) is 14.0.